The zero-order chi connectivity index (χ0) is 11.7. The minimum absolute atomic E-state index is 0.0386. The Hall–Kier alpha value is -1.68. The molecule has 0 radical (unpaired) electrons. The van der Waals surface area contributed by atoms with E-state index in [0.717, 1.165) is 0 Å². The highest BCUT2D eigenvalue weighted by atomic mass is 35.5. The highest BCUT2D eigenvalue weighted by Crippen LogP contribution is 2.31. The van der Waals surface area contributed by atoms with E-state index in [1.54, 1.807) is 6.07 Å². The van der Waals surface area contributed by atoms with Crippen LogP contribution in [0.5, 0.6) is 0 Å². The predicted octanol–water partition coefficient (Wildman–Crippen LogP) is 3.26. The highest BCUT2D eigenvalue weighted by molar-refractivity contribution is 6.33. The van der Waals surface area contributed by atoms with Crippen LogP contribution < -0.4 is 5.73 Å². The number of benzene rings is 1. The second-order valence-corrected chi connectivity index (χ2v) is 3.63. The molecule has 2 rings (SSSR count). The normalized spacial score (nSPS) is 10.4. The Labute approximate surface area is 95.7 Å². The average Bonchev–Trinajstić information content (AvgIpc) is 2.23. The number of halogens is 3. The third-order valence-electron chi connectivity index (χ3n) is 2.12. The number of pyridine rings is 1. The van der Waals surface area contributed by atoms with E-state index < -0.39 is 11.8 Å². The predicted molar refractivity (Wildman–Crippen MR) is 59.0 cm³/mol. The molecule has 2 N–H and O–H groups in total. The Morgan fingerprint density at radius 1 is 1.19 bits per heavy atom. The van der Waals surface area contributed by atoms with Gasteiger partial charge >= 0.3 is 0 Å². The SMILES string of the molecule is Nc1cc(Cl)c(-c2ccnc(F)c2)cc1F. The summed E-state index contributed by atoms with van der Waals surface area (Å²) in [5.41, 5.74) is 6.15. The Bertz CT molecular complexity index is 544. The molecule has 0 aliphatic carbocycles. The number of nitrogen functional groups attached to an aromatic ring is 1. The van der Waals surface area contributed by atoms with Gasteiger partial charge in [-0.25, -0.2) is 9.37 Å². The molecule has 82 valence electrons. The van der Waals surface area contributed by atoms with Crippen LogP contribution in [0.25, 0.3) is 11.1 Å². The molecule has 0 atom stereocenters. The maximum Gasteiger partial charge on any atom is 0.213 e. The third-order valence-corrected chi connectivity index (χ3v) is 2.44. The maximum atomic E-state index is 13.3. The molecule has 0 amide bonds. The van der Waals surface area contributed by atoms with Crippen molar-refractivity contribution in [1.29, 1.82) is 0 Å². The van der Waals surface area contributed by atoms with Gasteiger partial charge in [0.2, 0.25) is 5.95 Å². The van der Waals surface area contributed by atoms with Crippen molar-refractivity contribution < 1.29 is 8.78 Å². The first-order valence-corrected chi connectivity index (χ1v) is 4.82. The quantitative estimate of drug-likeness (QED) is 0.614. The monoisotopic (exact) mass is 240 g/mol. The Morgan fingerprint density at radius 3 is 2.62 bits per heavy atom. The second kappa shape index (κ2) is 4.06. The molecule has 0 aliphatic heterocycles. The lowest BCUT2D eigenvalue weighted by molar-refractivity contribution is 0.584. The van der Waals surface area contributed by atoms with Crippen LogP contribution in [-0.4, -0.2) is 4.98 Å². The molecule has 0 bridgehead atoms. The molecule has 1 aromatic heterocycles. The molecule has 0 saturated heterocycles. The van der Waals surface area contributed by atoms with E-state index in [1.807, 2.05) is 0 Å². The van der Waals surface area contributed by atoms with Gasteiger partial charge in [0.15, 0.2) is 0 Å². The number of hydrogen-bond donors (Lipinski definition) is 1. The Morgan fingerprint density at radius 2 is 1.94 bits per heavy atom. The lowest BCUT2D eigenvalue weighted by atomic mass is 10.1. The van der Waals surface area contributed by atoms with Crippen molar-refractivity contribution in [2.45, 2.75) is 0 Å². The molecule has 0 aliphatic rings. The first-order chi connectivity index (χ1) is 7.58. The van der Waals surface area contributed by atoms with Crippen molar-refractivity contribution in [2.75, 3.05) is 5.73 Å². The molecule has 1 aromatic carbocycles. The van der Waals surface area contributed by atoms with Crippen LogP contribution in [0.4, 0.5) is 14.5 Å². The van der Waals surface area contributed by atoms with Gasteiger partial charge in [-0.15, -0.1) is 0 Å². The summed E-state index contributed by atoms with van der Waals surface area (Å²) in [4.78, 5) is 3.41. The fourth-order valence-electron chi connectivity index (χ4n) is 1.35. The van der Waals surface area contributed by atoms with Crippen molar-refractivity contribution in [3.63, 3.8) is 0 Å². The summed E-state index contributed by atoms with van der Waals surface area (Å²) >= 11 is 5.90. The van der Waals surface area contributed by atoms with Gasteiger partial charge in [0.1, 0.15) is 5.82 Å². The van der Waals surface area contributed by atoms with Crippen molar-refractivity contribution in [3.8, 4) is 11.1 Å². The minimum atomic E-state index is -0.647. The first kappa shape index (κ1) is 10.8. The zero-order valence-electron chi connectivity index (χ0n) is 8.05. The molecule has 0 saturated carbocycles. The summed E-state index contributed by atoms with van der Waals surface area (Å²) in [5.74, 6) is -1.23. The van der Waals surface area contributed by atoms with Crippen LogP contribution >= 0.6 is 11.6 Å². The van der Waals surface area contributed by atoms with Crippen molar-refractivity contribution >= 4 is 17.3 Å². The van der Waals surface area contributed by atoms with Gasteiger partial charge in [0, 0.05) is 17.8 Å². The molecule has 0 fully saturated rings. The van der Waals surface area contributed by atoms with Crippen LogP contribution in [0, 0.1) is 11.8 Å². The molecule has 16 heavy (non-hydrogen) atoms. The summed E-state index contributed by atoms with van der Waals surface area (Å²) in [5, 5.41) is 0.268. The van der Waals surface area contributed by atoms with E-state index in [0.29, 0.717) is 11.1 Å². The molecular weight excluding hydrogens is 234 g/mol. The molecular formula is C11H7ClF2N2. The van der Waals surface area contributed by atoms with Gasteiger partial charge < -0.3 is 5.73 Å². The van der Waals surface area contributed by atoms with Gasteiger partial charge in [-0.05, 0) is 23.8 Å². The van der Waals surface area contributed by atoms with E-state index in [1.165, 1.54) is 24.4 Å². The largest absolute Gasteiger partial charge is 0.396 e. The van der Waals surface area contributed by atoms with Crippen LogP contribution in [0.3, 0.4) is 0 Å². The van der Waals surface area contributed by atoms with Crippen molar-refractivity contribution in [3.05, 3.63) is 47.2 Å². The first-order valence-electron chi connectivity index (χ1n) is 4.44. The number of nitrogens with zero attached hydrogens (tertiary/aromatic N) is 1. The van der Waals surface area contributed by atoms with Gasteiger partial charge in [-0.2, -0.15) is 4.39 Å². The van der Waals surface area contributed by atoms with E-state index in [2.05, 4.69) is 4.98 Å². The van der Waals surface area contributed by atoms with Gasteiger partial charge in [-0.1, -0.05) is 11.6 Å². The second-order valence-electron chi connectivity index (χ2n) is 3.22. The maximum absolute atomic E-state index is 13.3. The summed E-state index contributed by atoms with van der Waals surface area (Å²) in [6, 6.07) is 5.19. The van der Waals surface area contributed by atoms with E-state index in [9.17, 15) is 8.78 Å². The van der Waals surface area contributed by atoms with E-state index in [4.69, 9.17) is 17.3 Å². The van der Waals surface area contributed by atoms with Crippen molar-refractivity contribution in [2.24, 2.45) is 0 Å². The lowest BCUT2D eigenvalue weighted by Crippen LogP contribution is -1.92. The van der Waals surface area contributed by atoms with Crippen LogP contribution in [0.15, 0.2) is 30.5 Å². The number of nitrogens with two attached hydrogens (primary N) is 1. The summed E-state index contributed by atoms with van der Waals surface area (Å²) in [7, 11) is 0. The van der Waals surface area contributed by atoms with Gasteiger partial charge in [0.05, 0.1) is 10.7 Å². The van der Waals surface area contributed by atoms with Gasteiger partial charge in [0.25, 0.3) is 0 Å². The number of rotatable bonds is 1. The Balaban J connectivity index is 2.60. The summed E-state index contributed by atoms with van der Waals surface area (Å²) in [6.07, 6.45) is 1.29. The number of aromatic nitrogens is 1. The standard InChI is InChI=1S/C11H7ClF2N2/c12-8-5-10(15)9(13)4-7(8)6-1-2-16-11(14)3-6/h1-5H,15H2. The van der Waals surface area contributed by atoms with Crippen LogP contribution in [-0.2, 0) is 0 Å². The molecule has 1 heterocycles. The number of hydrogen-bond acceptors (Lipinski definition) is 2. The van der Waals surface area contributed by atoms with E-state index >= 15 is 0 Å². The smallest absolute Gasteiger partial charge is 0.213 e. The van der Waals surface area contributed by atoms with Crippen LogP contribution in [0.2, 0.25) is 5.02 Å². The zero-order valence-corrected chi connectivity index (χ0v) is 8.80. The highest BCUT2D eigenvalue weighted by Gasteiger charge is 2.09. The summed E-state index contributed by atoms with van der Waals surface area (Å²) < 4.78 is 26.1. The van der Waals surface area contributed by atoms with Crippen molar-refractivity contribution in [1.82, 2.24) is 4.98 Å². The van der Waals surface area contributed by atoms with Gasteiger partial charge in [-0.3, -0.25) is 0 Å². The topological polar surface area (TPSA) is 38.9 Å². The molecule has 0 unspecified atom stereocenters. The van der Waals surface area contributed by atoms with Crippen LogP contribution in [0.1, 0.15) is 0 Å². The molecule has 5 heteroatoms. The molecule has 2 aromatic rings. The molecule has 0 spiro atoms. The average molecular weight is 241 g/mol. The lowest BCUT2D eigenvalue weighted by Gasteiger charge is -2.06. The third kappa shape index (κ3) is 1.97. The Kier molecular flexibility index (Phi) is 2.75. The minimum Gasteiger partial charge on any atom is -0.396 e. The summed E-state index contributed by atoms with van der Waals surface area (Å²) in [6.45, 7) is 0. The molecule has 2 nitrogen and oxygen atoms in total. The fraction of sp³-hybridized carbons (Fsp3) is 0. The number of anilines is 1. The fourth-order valence-corrected chi connectivity index (χ4v) is 1.63. The van der Waals surface area contributed by atoms with E-state index in [-0.39, 0.29) is 10.7 Å².